The van der Waals surface area contributed by atoms with Crippen LogP contribution in [0.4, 0.5) is 5.69 Å². The molecule has 3 nitrogen and oxygen atoms in total. The van der Waals surface area contributed by atoms with Crippen LogP contribution in [0.5, 0.6) is 0 Å². The van der Waals surface area contributed by atoms with E-state index in [2.05, 4.69) is 16.8 Å². The summed E-state index contributed by atoms with van der Waals surface area (Å²) in [4.78, 5) is 13.8. The zero-order valence-electron chi connectivity index (χ0n) is 6.45. The fourth-order valence-electron chi connectivity index (χ4n) is 0.721. The van der Waals surface area contributed by atoms with Crippen molar-refractivity contribution in [1.29, 1.82) is 0 Å². The number of carbonyl (C=O) groups excluding carboxylic acids is 1. The smallest absolute Gasteiger partial charge is 0.131 e. The topological polar surface area (TPSA) is 56.0 Å². The highest BCUT2D eigenvalue weighted by Gasteiger charge is 1.87. The number of aromatic nitrogens is 1. The lowest BCUT2D eigenvalue weighted by Gasteiger charge is -1.90. The molecule has 2 N–H and O–H groups in total. The number of pyridine rings is 1. The van der Waals surface area contributed by atoms with Crippen molar-refractivity contribution in [1.82, 2.24) is 4.98 Å². The van der Waals surface area contributed by atoms with E-state index in [-0.39, 0.29) is 6.42 Å². The van der Waals surface area contributed by atoms with E-state index >= 15 is 0 Å². The Hall–Kier alpha value is -1.82. The lowest BCUT2D eigenvalue weighted by atomic mass is 10.2. The van der Waals surface area contributed by atoms with Crippen LogP contribution < -0.4 is 5.73 Å². The third-order valence-electron chi connectivity index (χ3n) is 1.18. The largest absolute Gasteiger partial charge is 0.397 e. The van der Waals surface area contributed by atoms with Crippen LogP contribution in [-0.4, -0.2) is 11.3 Å². The number of carbonyl (C=O) groups is 1. The van der Waals surface area contributed by atoms with Gasteiger partial charge in [0.15, 0.2) is 0 Å². The van der Waals surface area contributed by atoms with Crippen LogP contribution in [0.3, 0.4) is 0 Å². The number of nitrogens with two attached hydrogens (primary N) is 1. The van der Waals surface area contributed by atoms with Gasteiger partial charge in [0.2, 0.25) is 0 Å². The molecular formula is C9H8N2O. The number of hydrogen-bond acceptors (Lipinski definition) is 3. The van der Waals surface area contributed by atoms with Gasteiger partial charge < -0.3 is 10.5 Å². The summed E-state index contributed by atoms with van der Waals surface area (Å²) < 4.78 is 0. The van der Waals surface area contributed by atoms with Crippen LogP contribution in [0.25, 0.3) is 0 Å². The quantitative estimate of drug-likeness (QED) is 0.483. The summed E-state index contributed by atoms with van der Waals surface area (Å²) in [6.45, 7) is 0. The molecule has 1 aromatic rings. The summed E-state index contributed by atoms with van der Waals surface area (Å²) in [6.07, 6.45) is 4.15. The van der Waals surface area contributed by atoms with Crippen molar-refractivity contribution in [2.45, 2.75) is 6.42 Å². The molecule has 1 aromatic heterocycles. The van der Waals surface area contributed by atoms with E-state index in [1.807, 2.05) is 0 Å². The van der Waals surface area contributed by atoms with Crippen LogP contribution in [-0.2, 0) is 4.79 Å². The van der Waals surface area contributed by atoms with Gasteiger partial charge in [-0.3, -0.25) is 4.98 Å². The molecule has 0 saturated carbocycles. The van der Waals surface area contributed by atoms with Crippen molar-refractivity contribution < 1.29 is 4.79 Å². The molecule has 0 aliphatic heterocycles. The van der Waals surface area contributed by atoms with Crippen LogP contribution in [0.2, 0.25) is 0 Å². The Balaban J connectivity index is 2.77. The molecule has 0 amide bonds. The van der Waals surface area contributed by atoms with Crippen molar-refractivity contribution in [2.75, 3.05) is 5.73 Å². The highest BCUT2D eigenvalue weighted by Crippen LogP contribution is 2.01. The molecule has 0 radical (unpaired) electrons. The van der Waals surface area contributed by atoms with E-state index in [9.17, 15) is 4.79 Å². The fourth-order valence-corrected chi connectivity index (χ4v) is 0.721. The number of rotatable bonds is 1. The summed E-state index contributed by atoms with van der Waals surface area (Å²) in [5.41, 5.74) is 6.77. The third kappa shape index (κ3) is 2.43. The van der Waals surface area contributed by atoms with E-state index in [1.54, 1.807) is 18.5 Å². The molecule has 0 fully saturated rings. The molecule has 1 rings (SSSR count). The van der Waals surface area contributed by atoms with Gasteiger partial charge in [-0.05, 0) is 6.07 Å². The average Bonchev–Trinajstić information content (AvgIpc) is 2.05. The highest BCUT2D eigenvalue weighted by molar-refractivity contribution is 5.55. The van der Waals surface area contributed by atoms with Crippen LogP contribution in [0.1, 0.15) is 12.0 Å². The van der Waals surface area contributed by atoms with Crippen molar-refractivity contribution in [3.05, 3.63) is 24.0 Å². The van der Waals surface area contributed by atoms with Crippen molar-refractivity contribution in [3.8, 4) is 11.8 Å². The second-order valence-corrected chi connectivity index (χ2v) is 2.18. The van der Waals surface area contributed by atoms with E-state index in [4.69, 9.17) is 5.73 Å². The Morgan fingerprint density at radius 3 is 3.08 bits per heavy atom. The second kappa shape index (κ2) is 4.14. The monoisotopic (exact) mass is 160 g/mol. The van der Waals surface area contributed by atoms with Gasteiger partial charge in [-0.1, -0.05) is 11.8 Å². The first-order valence-corrected chi connectivity index (χ1v) is 3.46. The molecule has 0 aromatic carbocycles. The first kappa shape index (κ1) is 8.28. The molecule has 1 heterocycles. The van der Waals surface area contributed by atoms with Gasteiger partial charge in [0.1, 0.15) is 6.29 Å². The van der Waals surface area contributed by atoms with Crippen LogP contribution >= 0.6 is 0 Å². The highest BCUT2D eigenvalue weighted by atomic mass is 16.1. The molecule has 0 unspecified atom stereocenters. The van der Waals surface area contributed by atoms with Crippen molar-refractivity contribution >= 4 is 12.0 Å². The molecular weight excluding hydrogens is 152 g/mol. The van der Waals surface area contributed by atoms with Crippen LogP contribution in [0.15, 0.2) is 18.5 Å². The molecule has 0 aliphatic rings. The minimum atomic E-state index is 0.245. The number of anilines is 1. The summed E-state index contributed by atoms with van der Waals surface area (Å²) in [5.74, 6) is 5.43. The van der Waals surface area contributed by atoms with E-state index in [1.165, 1.54) is 0 Å². The minimum Gasteiger partial charge on any atom is -0.397 e. The Bertz CT molecular complexity index is 336. The van der Waals surface area contributed by atoms with Crippen LogP contribution in [0, 0.1) is 11.8 Å². The van der Waals surface area contributed by atoms with Gasteiger partial charge in [-0.15, -0.1) is 0 Å². The first-order chi connectivity index (χ1) is 5.83. The molecule has 0 atom stereocenters. The Morgan fingerprint density at radius 2 is 2.42 bits per heavy atom. The lowest BCUT2D eigenvalue weighted by molar-refractivity contribution is -0.107. The SMILES string of the molecule is Nc1cncc(C#CCC=O)c1. The fraction of sp³-hybridized carbons (Fsp3) is 0.111. The van der Waals surface area contributed by atoms with Gasteiger partial charge in [0, 0.05) is 18.0 Å². The summed E-state index contributed by atoms with van der Waals surface area (Å²) in [5, 5.41) is 0. The number of aldehydes is 1. The molecule has 0 aliphatic carbocycles. The van der Waals surface area contributed by atoms with Gasteiger partial charge in [0.05, 0.1) is 12.1 Å². The predicted octanol–water partition coefficient (Wildman–Crippen LogP) is 0.604. The van der Waals surface area contributed by atoms with Crippen molar-refractivity contribution in [2.24, 2.45) is 0 Å². The maximum absolute atomic E-state index is 9.92. The molecule has 0 spiro atoms. The summed E-state index contributed by atoms with van der Waals surface area (Å²) >= 11 is 0. The van der Waals surface area contributed by atoms with Gasteiger partial charge in [-0.25, -0.2) is 0 Å². The van der Waals surface area contributed by atoms with E-state index in [0.29, 0.717) is 5.69 Å². The van der Waals surface area contributed by atoms with Gasteiger partial charge in [0.25, 0.3) is 0 Å². The molecule has 3 heteroatoms. The second-order valence-electron chi connectivity index (χ2n) is 2.18. The number of hydrogen-bond donors (Lipinski definition) is 1. The Morgan fingerprint density at radius 1 is 1.58 bits per heavy atom. The molecule has 60 valence electrons. The molecule has 0 saturated heterocycles. The first-order valence-electron chi connectivity index (χ1n) is 3.46. The minimum absolute atomic E-state index is 0.245. The summed E-state index contributed by atoms with van der Waals surface area (Å²) in [7, 11) is 0. The third-order valence-corrected chi connectivity index (χ3v) is 1.18. The molecule has 0 bridgehead atoms. The van der Waals surface area contributed by atoms with E-state index < -0.39 is 0 Å². The lowest BCUT2D eigenvalue weighted by Crippen LogP contribution is -1.86. The zero-order chi connectivity index (χ0) is 8.81. The summed E-state index contributed by atoms with van der Waals surface area (Å²) in [6, 6.07) is 1.71. The maximum atomic E-state index is 9.92. The maximum Gasteiger partial charge on any atom is 0.131 e. The van der Waals surface area contributed by atoms with Gasteiger partial charge in [-0.2, -0.15) is 0 Å². The van der Waals surface area contributed by atoms with Gasteiger partial charge >= 0.3 is 0 Å². The van der Waals surface area contributed by atoms with Crippen molar-refractivity contribution in [3.63, 3.8) is 0 Å². The zero-order valence-corrected chi connectivity index (χ0v) is 6.45. The average molecular weight is 160 g/mol. The Labute approximate surface area is 70.6 Å². The number of nitrogen functional groups attached to an aromatic ring is 1. The number of nitrogens with zero attached hydrogens (tertiary/aromatic N) is 1. The Kier molecular flexibility index (Phi) is 2.86. The van der Waals surface area contributed by atoms with E-state index in [0.717, 1.165) is 11.8 Å². The molecule has 12 heavy (non-hydrogen) atoms. The normalized spacial score (nSPS) is 8.33. The standard InChI is InChI=1S/C9H8N2O/c10-9-5-8(6-11-7-9)3-1-2-4-12/h4-7H,2,10H2. The predicted molar refractivity (Wildman–Crippen MR) is 46.2 cm³/mol.